The van der Waals surface area contributed by atoms with Crippen LogP contribution in [0.1, 0.15) is 43.6 Å². The lowest BCUT2D eigenvalue weighted by Gasteiger charge is -2.30. The van der Waals surface area contributed by atoms with E-state index in [0.29, 0.717) is 5.92 Å². The molecule has 1 heterocycles. The van der Waals surface area contributed by atoms with Gasteiger partial charge in [0.15, 0.2) is 0 Å². The molecule has 136 valence electrons. The lowest BCUT2D eigenvalue weighted by atomic mass is 9.75. The molecule has 2 aromatic carbocycles. The normalized spacial score (nSPS) is 26.8. The van der Waals surface area contributed by atoms with Gasteiger partial charge in [-0.3, -0.25) is 9.78 Å². The van der Waals surface area contributed by atoms with Crippen molar-refractivity contribution in [1.82, 2.24) is 4.98 Å². The predicted octanol–water partition coefficient (Wildman–Crippen LogP) is 5.54. The Labute approximate surface area is 159 Å². The third-order valence-electron chi connectivity index (χ3n) is 6.65. The number of nitrogens with zero attached hydrogens (tertiary/aromatic N) is 1. The summed E-state index contributed by atoms with van der Waals surface area (Å²) in [4.78, 5) is 17.2. The van der Waals surface area contributed by atoms with Crippen LogP contribution >= 0.6 is 0 Å². The SMILES string of the molecule is O=C(Nc1ccccc1)[C@H]1CC12CCC(c1ccnc3ccccc13)CC2. The van der Waals surface area contributed by atoms with Gasteiger partial charge in [-0.15, -0.1) is 0 Å². The first kappa shape index (κ1) is 16.5. The Morgan fingerprint density at radius 2 is 1.70 bits per heavy atom. The first-order valence-electron chi connectivity index (χ1n) is 9.95. The summed E-state index contributed by atoms with van der Waals surface area (Å²) in [6, 6.07) is 20.4. The fourth-order valence-electron chi connectivity index (χ4n) is 5.00. The van der Waals surface area contributed by atoms with E-state index < -0.39 is 0 Å². The number of carbonyl (C=O) groups is 1. The Balaban J connectivity index is 1.26. The quantitative estimate of drug-likeness (QED) is 0.670. The zero-order chi connectivity index (χ0) is 18.3. The molecular formula is C24H24N2O. The highest BCUT2D eigenvalue weighted by Gasteiger charge is 2.58. The number of amides is 1. The molecule has 27 heavy (non-hydrogen) atoms. The van der Waals surface area contributed by atoms with Crippen LogP contribution in [0.25, 0.3) is 10.9 Å². The third-order valence-corrected chi connectivity index (χ3v) is 6.65. The number of hydrogen-bond acceptors (Lipinski definition) is 2. The van der Waals surface area contributed by atoms with Crippen molar-refractivity contribution in [2.75, 3.05) is 5.32 Å². The third kappa shape index (κ3) is 3.01. The van der Waals surface area contributed by atoms with E-state index in [1.807, 2.05) is 36.5 Å². The molecule has 2 aliphatic rings. The van der Waals surface area contributed by atoms with Crippen LogP contribution in [0.5, 0.6) is 0 Å². The summed E-state index contributed by atoms with van der Waals surface area (Å²) in [5, 5.41) is 4.38. The van der Waals surface area contributed by atoms with Crippen molar-refractivity contribution >= 4 is 22.5 Å². The molecule has 0 radical (unpaired) electrons. The number of rotatable bonds is 3. The maximum absolute atomic E-state index is 12.7. The second-order valence-electron chi connectivity index (χ2n) is 8.17. The molecule has 3 aromatic rings. The van der Waals surface area contributed by atoms with Crippen molar-refractivity contribution in [3.63, 3.8) is 0 Å². The molecule has 3 heteroatoms. The summed E-state index contributed by atoms with van der Waals surface area (Å²) < 4.78 is 0. The maximum atomic E-state index is 12.7. The summed E-state index contributed by atoms with van der Waals surface area (Å²) in [7, 11) is 0. The molecule has 1 aromatic heterocycles. The number of aromatic nitrogens is 1. The minimum atomic E-state index is 0.188. The molecule has 2 aliphatic carbocycles. The van der Waals surface area contributed by atoms with Gasteiger partial charge in [-0.2, -0.15) is 0 Å². The summed E-state index contributed by atoms with van der Waals surface area (Å²) in [5.41, 5.74) is 3.67. The molecule has 1 atom stereocenters. The summed E-state index contributed by atoms with van der Waals surface area (Å²) >= 11 is 0. The van der Waals surface area contributed by atoms with E-state index in [1.165, 1.54) is 23.8 Å². The van der Waals surface area contributed by atoms with Gasteiger partial charge in [0.05, 0.1) is 5.52 Å². The minimum absolute atomic E-state index is 0.188. The highest BCUT2D eigenvalue weighted by atomic mass is 16.2. The van der Waals surface area contributed by atoms with Crippen molar-refractivity contribution in [2.24, 2.45) is 11.3 Å². The number of carbonyl (C=O) groups excluding carboxylic acids is 1. The highest BCUT2D eigenvalue weighted by Crippen LogP contribution is 2.63. The zero-order valence-corrected chi connectivity index (χ0v) is 15.4. The average Bonchev–Trinajstić information content (AvgIpc) is 3.42. The molecule has 0 saturated heterocycles. The Morgan fingerprint density at radius 1 is 0.963 bits per heavy atom. The van der Waals surface area contributed by atoms with E-state index in [2.05, 4.69) is 40.6 Å². The molecule has 0 bridgehead atoms. The fourth-order valence-corrected chi connectivity index (χ4v) is 5.00. The molecular weight excluding hydrogens is 332 g/mol. The molecule has 1 N–H and O–H groups in total. The second kappa shape index (κ2) is 6.49. The largest absolute Gasteiger partial charge is 0.326 e. The highest BCUT2D eigenvalue weighted by molar-refractivity contribution is 5.95. The van der Waals surface area contributed by atoms with Crippen molar-refractivity contribution < 1.29 is 4.79 Å². The zero-order valence-electron chi connectivity index (χ0n) is 15.4. The minimum Gasteiger partial charge on any atom is -0.326 e. The molecule has 0 aliphatic heterocycles. The van der Waals surface area contributed by atoms with Crippen LogP contribution in [0.4, 0.5) is 5.69 Å². The van der Waals surface area contributed by atoms with E-state index >= 15 is 0 Å². The van der Waals surface area contributed by atoms with E-state index in [4.69, 9.17) is 0 Å². The maximum Gasteiger partial charge on any atom is 0.228 e. The van der Waals surface area contributed by atoms with E-state index in [1.54, 1.807) is 0 Å². The van der Waals surface area contributed by atoms with Crippen molar-refractivity contribution in [2.45, 2.75) is 38.0 Å². The van der Waals surface area contributed by atoms with Crippen LogP contribution in [0.2, 0.25) is 0 Å². The monoisotopic (exact) mass is 356 g/mol. The second-order valence-corrected chi connectivity index (χ2v) is 8.17. The van der Waals surface area contributed by atoms with Gasteiger partial charge in [0, 0.05) is 23.2 Å². The van der Waals surface area contributed by atoms with Gasteiger partial charge in [-0.05, 0) is 73.3 Å². The predicted molar refractivity (Wildman–Crippen MR) is 109 cm³/mol. The molecule has 3 nitrogen and oxygen atoms in total. The number of benzene rings is 2. The molecule has 1 amide bonds. The summed E-state index contributed by atoms with van der Waals surface area (Å²) in [6.45, 7) is 0. The van der Waals surface area contributed by atoms with Crippen LogP contribution in [-0.4, -0.2) is 10.9 Å². The molecule has 0 unspecified atom stereocenters. The number of pyridine rings is 1. The average molecular weight is 356 g/mol. The van der Waals surface area contributed by atoms with E-state index in [-0.39, 0.29) is 17.2 Å². The van der Waals surface area contributed by atoms with Gasteiger partial charge in [0.2, 0.25) is 5.91 Å². The number of hydrogen-bond donors (Lipinski definition) is 1. The number of nitrogens with one attached hydrogen (secondary N) is 1. The van der Waals surface area contributed by atoms with Crippen LogP contribution in [0, 0.1) is 11.3 Å². The van der Waals surface area contributed by atoms with Crippen molar-refractivity contribution in [3.05, 3.63) is 72.4 Å². The number of anilines is 1. The molecule has 5 rings (SSSR count). The first-order valence-corrected chi connectivity index (χ1v) is 9.95. The Kier molecular flexibility index (Phi) is 3.96. The summed E-state index contributed by atoms with van der Waals surface area (Å²) in [5.74, 6) is 0.976. The lowest BCUT2D eigenvalue weighted by Crippen LogP contribution is -2.22. The molecule has 2 fully saturated rings. The van der Waals surface area contributed by atoms with Crippen molar-refractivity contribution in [3.8, 4) is 0 Å². The van der Waals surface area contributed by atoms with Gasteiger partial charge in [0.25, 0.3) is 0 Å². The Morgan fingerprint density at radius 3 is 2.52 bits per heavy atom. The van der Waals surface area contributed by atoms with Crippen LogP contribution in [0.3, 0.4) is 0 Å². The number of para-hydroxylation sites is 2. The standard InChI is InChI=1S/C24H24N2O/c27-23(26-18-6-2-1-3-7-18)21-16-24(21)13-10-17(11-14-24)19-12-15-25-22-9-5-4-8-20(19)22/h1-9,12,15,17,21H,10-11,13-14,16H2,(H,26,27)/t17?,21-,24?/m1/s1. The first-order chi connectivity index (χ1) is 13.3. The van der Waals surface area contributed by atoms with Gasteiger partial charge in [-0.1, -0.05) is 36.4 Å². The van der Waals surface area contributed by atoms with Crippen LogP contribution < -0.4 is 5.32 Å². The van der Waals surface area contributed by atoms with Gasteiger partial charge >= 0.3 is 0 Å². The van der Waals surface area contributed by atoms with E-state index in [0.717, 1.165) is 30.5 Å². The lowest BCUT2D eigenvalue weighted by molar-refractivity contribution is -0.118. The van der Waals surface area contributed by atoms with E-state index in [9.17, 15) is 4.79 Å². The molecule has 1 spiro atoms. The smallest absolute Gasteiger partial charge is 0.228 e. The number of fused-ring (bicyclic) bond motifs is 1. The van der Waals surface area contributed by atoms with Gasteiger partial charge in [0.1, 0.15) is 0 Å². The van der Waals surface area contributed by atoms with Crippen LogP contribution in [-0.2, 0) is 4.79 Å². The van der Waals surface area contributed by atoms with Gasteiger partial charge < -0.3 is 5.32 Å². The Hall–Kier alpha value is -2.68. The van der Waals surface area contributed by atoms with Gasteiger partial charge in [-0.25, -0.2) is 0 Å². The van der Waals surface area contributed by atoms with Crippen LogP contribution in [0.15, 0.2) is 66.9 Å². The fraction of sp³-hybridized carbons (Fsp3) is 0.333. The molecule has 2 saturated carbocycles. The summed E-state index contributed by atoms with van der Waals surface area (Å²) in [6.07, 6.45) is 7.64. The Bertz CT molecular complexity index is 969. The van der Waals surface area contributed by atoms with Crippen molar-refractivity contribution in [1.29, 1.82) is 0 Å². The topological polar surface area (TPSA) is 42.0 Å².